The maximum atomic E-state index is 12.2. The van der Waals surface area contributed by atoms with E-state index >= 15 is 0 Å². The lowest BCUT2D eigenvalue weighted by atomic mass is 10.3. The molecule has 5 nitrogen and oxygen atoms in total. The van der Waals surface area contributed by atoms with Gasteiger partial charge in [0.1, 0.15) is 5.69 Å². The fraction of sp³-hybridized carbons (Fsp3) is 0.385. The fourth-order valence-electron chi connectivity index (χ4n) is 2.12. The van der Waals surface area contributed by atoms with E-state index in [0.717, 1.165) is 28.7 Å². The molecule has 1 aliphatic rings. The third-order valence-electron chi connectivity index (χ3n) is 3.34. The summed E-state index contributed by atoms with van der Waals surface area (Å²) in [6, 6.07) is 4.26. The summed E-state index contributed by atoms with van der Waals surface area (Å²) < 4.78 is 4.77. The molecule has 0 spiro atoms. The lowest BCUT2D eigenvalue weighted by Gasteiger charge is -2.08. The van der Waals surface area contributed by atoms with Gasteiger partial charge in [-0.05, 0) is 40.9 Å². The van der Waals surface area contributed by atoms with Gasteiger partial charge in [0, 0.05) is 30.0 Å². The van der Waals surface area contributed by atoms with Crippen molar-refractivity contribution in [3.05, 3.63) is 40.4 Å². The van der Waals surface area contributed by atoms with Gasteiger partial charge in [0.15, 0.2) is 0 Å². The number of amides is 1. The van der Waals surface area contributed by atoms with Crippen LogP contribution in [0.5, 0.6) is 0 Å². The first-order chi connectivity index (χ1) is 9.15. The van der Waals surface area contributed by atoms with Gasteiger partial charge < -0.3 is 9.88 Å². The monoisotopic (exact) mass is 322 g/mol. The van der Waals surface area contributed by atoms with Gasteiger partial charge in [-0.3, -0.25) is 9.48 Å². The van der Waals surface area contributed by atoms with E-state index in [4.69, 9.17) is 0 Å². The highest BCUT2D eigenvalue weighted by atomic mass is 79.9. The van der Waals surface area contributed by atoms with Crippen LogP contribution in [0.15, 0.2) is 29.0 Å². The van der Waals surface area contributed by atoms with Gasteiger partial charge in [-0.15, -0.1) is 0 Å². The normalized spacial score (nSPS) is 14.6. The summed E-state index contributed by atoms with van der Waals surface area (Å²) in [5.74, 6) is -0.0428. The number of hydrogen-bond donors (Lipinski definition) is 1. The minimum absolute atomic E-state index is 0.0428. The molecule has 19 heavy (non-hydrogen) atoms. The third kappa shape index (κ3) is 2.58. The Bertz CT molecular complexity index is 612. The molecule has 0 unspecified atom stereocenters. The quantitative estimate of drug-likeness (QED) is 0.938. The minimum Gasteiger partial charge on any atom is -0.345 e. The first kappa shape index (κ1) is 12.5. The second-order valence-corrected chi connectivity index (χ2v) is 5.73. The van der Waals surface area contributed by atoms with Crippen LogP contribution in [0.3, 0.4) is 0 Å². The topological polar surface area (TPSA) is 51.9 Å². The summed E-state index contributed by atoms with van der Waals surface area (Å²) in [6.45, 7) is 0.489. The van der Waals surface area contributed by atoms with Crippen molar-refractivity contribution in [1.82, 2.24) is 19.7 Å². The number of rotatable bonds is 4. The molecule has 1 aliphatic carbocycles. The molecule has 100 valence electrons. The number of hydrogen-bond acceptors (Lipinski definition) is 2. The maximum Gasteiger partial charge on any atom is 0.268 e. The molecule has 2 aromatic heterocycles. The Morgan fingerprint density at radius 2 is 2.37 bits per heavy atom. The lowest BCUT2D eigenvalue weighted by molar-refractivity contribution is 0.0940. The Hall–Kier alpha value is -1.56. The highest BCUT2D eigenvalue weighted by molar-refractivity contribution is 9.10. The van der Waals surface area contributed by atoms with Gasteiger partial charge in [0.25, 0.3) is 5.91 Å². The van der Waals surface area contributed by atoms with Crippen molar-refractivity contribution in [2.75, 3.05) is 0 Å². The van der Waals surface area contributed by atoms with Crippen molar-refractivity contribution in [2.45, 2.75) is 25.4 Å². The van der Waals surface area contributed by atoms with Crippen LogP contribution in [0.25, 0.3) is 0 Å². The molecule has 1 N–H and O–H groups in total. The average Bonchev–Trinajstić information content (AvgIpc) is 3.04. The van der Waals surface area contributed by atoms with E-state index in [2.05, 4.69) is 30.9 Å². The SMILES string of the molecule is Cn1nccc1CNC(=O)c1cc(Br)cn1C1CC1. The van der Waals surface area contributed by atoms with Crippen LogP contribution >= 0.6 is 15.9 Å². The molecule has 0 bridgehead atoms. The van der Waals surface area contributed by atoms with Gasteiger partial charge in [0.05, 0.1) is 12.2 Å². The van der Waals surface area contributed by atoms with Gasteiger partial charge >= 0.3 is 0 Å². The third-order valence-corrected chi connectivity index (χ3v) is 3.77. The van der Waals surface area contributed by atoms with E-state index in [-0.39, 0.29) is 5.91 Å². The van der Waals surface area contributed by atoms with E-state index in [1.807, 2.05) is 25.4 Å². The molecule has 6 heteroatoms. The molecule has 0 radical (unpaired) electrons. The molecule has 0 aliphatic heterocycles. The zero-order valence-electron chi connectivity index (χ0n) is 10.6. The standard InChI is InChI=1S/C13H15BrN4O/c1-17-11(4-5-16-17)7-15-13(19)12-6-9(14)8-18(12)10-2-3-10/h4-6,8,10H,2-3,7H2,1H3,(H,15,19). The van der Waals surface area contributed by atoms with Crippen molar-refractivity contribution < 1.29 is 4.79 Å². The number of carbonyl (C=O) groups excluding carboxylic acids is 1. The summed E-state index contributed by atoms with van der Waals surface area (Å²) in [4.78, 5) is 12.2. The van der Waals surface area contributed by atoms with Crippen molar-refractivity contribution in [3.63, 3.8) is 0 Å². The Morgan fingerprint density at radius 3 is 3.00 bits per heavy atom. The van der Waals surface area contributed by atoms with Crippen LogP contribution in [-0.4, -0.2) is 20.3 Å². The van der Waals surface area contributed by atoms with Crippen molar-refractivity contribution in [1.29, 1.82) is 0 Å². The van der Waals surface area contributed by atoms with Crippen LogP contribution in [0.2, 0.25) is 0 Å². The minimum atomic E-state index is -0.0428. The first-order valence-electron chi connectivity index (χ1n) is 6.27. The number of aromatic nitrogens is 3. The van der Waals surface area contributed by atoms with E-state index in [1.165, 1.54) is 0 Å². The van der Waals surface area contributed by atoms with E-state index in [9.17, 15) is 4.79 Å². The summed E-state index contributed by atoms with van der Waals surface area (Å²) >= 11 is 3.43. The molecule has 3 rings (SSSR count). The van der Waals surface area contributed by atoms with Crippen LogP contribution in [0.1, 0.15) is 35.1 Å². The second-order valence-electron chi connectivity index (χ2n) is 4.81. The largest absolute Gasteiger partial charge is 0.345 e. The van der Waals surface area contributed by atoms with Crippen LogP contribution < -0.4 is 5.32 Å². The summed E-state index contributed by atoms with van der Waals surface area (Å²) in [6.07, 6.45) is 6.02. The Balaban J connectivity index is 1.72. The zero-order chi connectivity index (χ0) is 13.4. The molecule has 0 saturated heterocycles. The Kier molecular flexibility index (Phi) is 3.18. The second kappa shape index (κ2) is 4.85. The lowest BCUT2D eigenvalue weighted by Crippen LogP contribution is -2.26. The average molecular weight is 323 g/mol. The molecular formula is C13H15BrN4O. The van der Waals surface area contributed by atoms with Gasteiger partial charge in [-0.25, -0.2) is 0 Å². The van der Waals surface area contributed by atoms with Gasteiger partial charge in [-0.1, -0.05) is 0 Å². The predicted molar refractivity (Wildman–Crippen MR) is 74.8 cm³/mol. The Morgan fingerprint density at radius 1 is 1.58 bits per heavy atom. The molecule has 1 saturated carbocycles. The van der Waals surface area contributed by atoms with Crippen molar-refractivity contribution >= 4 is 21.8 Å². The number of carbonyl (C=O) groups is 1. The maximum absolute atomic E-state index is 12.2. The van der Waals surface area contributed by atoms with Crippen LogP contribution in [0.4, 0.5) is 0 Å². The van der Waals surface area contributed by atoms with Gasteiger partial charge in [-0.2, -0.15) is 5.10 Å². The van der Waals surface area contributed by atoms with E-state index < -0.39 is 0 Å². The molecule has 2 aromatic rings. The highest BCUT2D eigenvalue weighted by Gasteiger charge is 2.27. The summed E-state index contributed by atoms with van der Waals surface area (Å²) in [5, 5.41) is 7.02. The molecule has 1 amide bonds. The smallest absolute Gasteiger partial charge is 0.268 e. The number of aryl methyl sites for hydroxylation is 1. The van der Waals surface area contributed by atoms with Crippen LogP contribution in [0, 0.1) is 0 Å². The predicted octanol–water partition coefficient (Wildman–Crippen LogP) is 2.25. The number of nitrogens with one attached hydrogen (secondary N) is 1. The van der Waals surface area contributed by atoms with Crippen molar-refractivity contribution in [3.8, 4) is 0 Å². The highest BCUT2D eigenvalue weighted by Crippen LogP contribution is 2.37. The molecule has 0 atom stereocenters. The molecular weight excluding hydrogens is 308 g/mol. The fourth-order valence-corrected chi connectivity index (χ4v) is 2.56. The van der Waals surface area contributed by atoms with Gasteiger partial charge in [0.2, 0.25) is 0 Å². The number of halogens is 1. The zero-order valence-corrected chi connectivity index (χ0v) is 12.2. The van der Waals surface area contributed by atoms with E-state index in [1.54, 1.807) is 10.9 Å². The molecule has 1 fully saturated rings. The number of nitrogens with zero attached hydrogens (tertiary/aromatic N) is 3. The first-order valence-corrected chi connectivity index (χ1v) is 7.07. The summed E-state index contributed by atoms with van der Waals surface area (Å²) in [7, 11) is 1.87. The summed E-state index contributed by atoms with van der Waals surface area (Å²) in [5.41, 5.74) is 1.70. The molecule has 0 aromatic carbocycles. The van der Waals surface area contributed by atoms with Crippen molar-refractivity contribution in [2.24, 2.45) is 7.05 Å². The Labute approximate surface area is 119 Å². The van der Waals surface area contributed by atoms with E-state index in [0.29, 0.717) is 12.6 Å². The molecule has 2 heterocycles. The van der Waals surface area contributed by atoms with Crippen LogP contribution in [-0.2, 0) is 13.6 Å².